The Hall–Kier alpha value is -0.650. The molecule has 1 heterocycles. The Labute approximate surface area is 122 Å². The van der Waals surface area contributed by atoms with Crippen molar-refractivity contribution in [3.05, 3.63) is 0 Å². The van der Waals surface area contributed by atoms with Gasteiger partial charge in [0.2, 0.25) is 0 Å². The van der Waals surface area contributed by atoms with Crippen molar-refractivity contribution in [3.8, 4) is 0 Å². The molecule has 1 N–H and O–H groups in total. The Morgan fingerprint density at radius 3 is 2.90 bits per heavy atom. The second kappa shape index (κ2) is 10.1. The van der Waals surface area contributed by atoms with E-state index in [1.54, 1.807) is 7.11 Å². The molecule has 0 spiro atoms. The molecule has 2 atom stereocenters. The molecular formula is C15H29NO4. The Kier molecular flexibility index (Phi) is 8.82. The first-order chi connectivity index (χ1) is 9.63. The molecular weight excluding hydrogens is 258 g/mol. The van der Waals surface area contributed by atoms with Crippen LogP contribution in [0.15, 0.2) is 0 Å². The highest BCUT2D eigenvalue weighted by molar-refractivity contribution is 5.66. The summed E-state index contributed by atoms with van der Waals surface area (Å²) in [4.78, 5) is 13.2. The number of rotatable bonds is 10. The van der Waals surface area contributed by atoms with Crippen LogP contribution in [0.25, 0.3) is 0 Å². The van der Waals surface area contributed by atoms with Gasteiger partial charge in [-0.1, -0.05) is 6.92 Å². The summed E-state index contributed by atoms with van der Waals surface area (Å²) in [6.07, 6.45) is 3.66. The van der Waals surface area contributed by atoms with Crippen LogP contribution in [-0.4, -0.2) is 62.5 Å². The van der Waals surface area contributed by atoms with Gasteiger partial charge in [0, 0.05) is 33.2 Å². The molecule has 1 saturated heterocycles. The van der Waals surface area contributed by atoms with E-state index >= 15 is 0 Å². The molecule has 0 aromatic carbocycles. The molecule has 0 aliphatic carbocycles. The number of hydrogen-bond donors (Lipinski definition) is 1. The summed E-state index contributed by atoms with van der Waals surface area (Å²) in [6, 6.07) is 0. The highest BCUT2D eigenvalue weighted by atomic mass is 16.5. The smallest absolute Gasteiger partial charge is 0.303 e. The highest BCUT2D eigenvalue weighted by Crippen LogP contribution is 2.26. The topological polar surface area (TPSA) is 59.0 Å². The number of nitrogens with zero attached hydrogens (tertiary/aromatic N) is 1. The van der Waals surface area contributed by atoms with Crippen LogP contribution in [0.1, 0.15) is 32.6 Å². The lowest BCUT2D eigenvalue weighted by Crippen LogP contribution is -2.39. The molecule has 5 heteroatoms. The molecule has 0 bridgehead atoms. The summed E-state index contributed by atoms with van der Waals surface area (Å²) in [5.41, 5.74) is 0. The summed E-state index contributed by atoms with van der Waals surface area (Å²) in [6.45, 7) is 7.36. The normalized spacial score (nSPS) is 21.8. The Morgan fingerprint density at radius 2 is 2.20 bits per heavy atom. The molecule has 1 aliphatic heterocycles. The van der Waals surface area contributed by atoms with Gasteiger partial charge < -0.3 is 19.5 Å². The van der Waals surface area contributed by atoms with E-state index in [-0.39, 0.29) is 5.92 Å². The largest absolute Gasteiger partial charge is 0.481 e. The molecule has 118 valence electrons. The van der Waals surface area contributed by atoms with Gasteiger partial charge in [-0.05, 0) is 37.6 Å². The number of carbonyl (C=O) groups is 1. The van der Waals surface area contributed by atoms with Crippen LogP contribution >= 0.6 is 0 Å². The van der Waals surface area contributed by atoms with Gasteiger partial charge in [-0.2, -0.15) is 0 Å². The van der Waals surface area contributed by atoms with E-state index < -0.39 is 5.97 Å². The first-order valence-corrected chi connectivity index (χ1v) is 7.64. The summed E-state index contributed by atoms with van der Waals surface area (Å²) < 4.78 is 10.4. The maximum Gasteiger partial charge on any atom is 0.303 e. The molecule has 0 saturated carbocycles. The predicted molar refractivity (Wildman–Crippen MR) is 77.9 cm³/mol. The zero-order valence-corrected chi connectivity index (χ0v) is 12.8. The number of ether oxygens (including phenoxy) is 2. The third-order valence-electron chi connectivity index (χ3n) is 4.04. The van der Waals surface area contributed by atoms with Gasteiger partial charge in [-0.25, -0.2) is 0 Å². The molecule has 1 fully saturated rings. The van der Waals surface area contributed by atoms with E-state index in [4.69, 9.17) is 14.6 Å². The van der Waals surface area contributed by atoms with Crippen LogP contribution < -0.4 is 0 Å². The van der Waals surface area contributed by atoms with Gasteiger partial charge in [0.15, 0.2) is 0 Å². The molecule has 2 unspecified atom stereocenters. The van der Waals surface area contributed by atoms with E-state index in [1.165, 1.54) is 6.42 Å². The number of carboxylic acid groups (broad SMARTS) is 1. The fourth-order valence-electron chi connectivity index (χ4n) is 2.84. The van der Waals surface area contributed by atoms with Crippen molar-refractivity contribution >= 4 is 5.97 Å². The van der Waals surface area contributed by atoms with Crippen LogP contribution in [-0.2, 0) is 14.3 Å². The SMILES string of the molecule is COCCOCCCN1CCCC(C(C)CC(=O)O)C1. The summed E-state index contributed by atoms with van der Waals surface area (Å²) in [5.74, 6) is 0.115. The van der Waals surface area contributed by atoms with Crippen LogP contribution in [0.4, 0.5) is 0 Å². The number of carboxylic acids is 1. The van der Waals surface area contributed by atoms with Crippen molar-refractivity contribution in [2.45, 2.75) is 32.6 Å². The number of piperidine rings is 1. The van der Waals surface area contributed by atoms with Crippen molar-refractivity contribution in [1.82, 2.24) is 4.90 Å². The van der Waals surface area contributed by atoms with E-state index in [9.17, 15) is 4.79 Å². The minimum Gasteiger partial charge on any atom is -0.481 e. The quantitative estimate of drug-likeness (QED) is 0.622. The predicted octanol–water partition coefficient (Wildman–Crippen LogP) is 1.86. The lowest BCUT2D eigenvalue weighted by Gasteiger charge is -2.35. The fourth-order valence-corrected chi connectivity index (χ4v) is 2.84. The maximum atomic E-state index is 10.8. The number of methoxy groups -OCH3 is 1. The van der Waals surface area contributed by atoms with Crippen molar-refractivity contribution in [2.24, 2.45) is 11.8 Å². The van der Waals surface area contributed by atoms with Gasteiger partial charge in [0.25, 0.3) is 0 Å². The average Bonchev–Trinajstić information content (AvgIpc) is 2.42. The van der Waals surface area contributed by atoms with Gasteiger partial charge in [0.05, 0.1) is 13.2 Å². The lowest BCUT2D eigenvalue weighted by molar-refractivity contribution is -0.138. The molecule has 0 aromatic rings. The lowest BCUT2D eigenvalue weighted by atomic mass is 9.84. The third-order valence-corrected chi connectivity index (χ3v) is 4.04. The van der Waals surface area contributed by atoms with Crippen LogP contribution in [0.5, 0.6) is 0 Å². The van der Waals surface area contributed by atoms with Gasteiger partial charge >= 0.3 is 5.97 Å². The van der Waals surface area contributed by atoms with Crippen LogP contribution in [0, 0.1) is 11.8 Å². The van der Waals surface area contributed by atoms with Crippen LogP contribution in [0.2, 0.25) is 0 Å². The number of aliphatic carboxylic acids is 1. The molecule has 0 radical (unpaired) electrons. The first-order valence-electron chi connectivity index (χ1n) is 7.64. The van der Waals surface area contributed by atoms with Crippen molar-refractivity contribution < 1.29 is 19.4 Å². The van der Waals surface area contributed by atoms with E-state index in [1.807, 2.05) is 0 Å². The molecule has 20 heavy (non-hydrogen) atoms. The summed E-state index contributed by atoms with van der Waals surface area (Å²) >= 11 is 0. The monoisotopic (exact) mass is 287 g/mol. The van der Waals surface area contributed by atoms with Crippen molar-refractivity contribution in [3.63, 3.8) is 0 Å². The van der Waals surface area contributed by atoms with Gasteiger partial charge in [-0.3, -0.25) is 4.79 Å². The Bertz CT molecular complexity index is 273. The van der Waals surface area contributed by atoms with Gasteiger partial charge in [0.1, 0.15) is 0 Å². The first kappa shape index (κ1) is 17.4. The Balaban J connectivity index is 2.15. The Morgan fingerprint density at radius 1 is 1.40 bits per heavy atom. The zero-order valence-electron chi connectivity index (χ0n) is 12.8. The maximum absolute atomic E-state index is 10.8. The molecule has 1 aliphatic rings. The molecule has 1 rings (SSSR count). The van der Waals surface area contributed by atoms with Crippen LogP contribution in [0.3, 0.4) is 0 Å². The average molecular weight is 287 g/mol. The molecule has 5 nitrogen and oxygen atoms in total. The second-order valence-electron chi connectivity index (χ2n) is 5.74. The fraction of sp³-hybridized carbons (Fsp3) is 0.933. The highest BCUT2D eigenvalue weighted by Gasteiger charge is 2.25. The molecule has 0 aromatic heterocycles. The zero-order chi connectivity index (χ0) is 14.8. The standard InChI is InChI=1S/C15H29NO4/c1-13(11-15(17)18)14-5-3-6-16(12-14)7-4-8-20-10-9-19-2/h13-14H,3-12H2,1-2H3,(H,17,18). The minimum atomic E-state index is -0.679. The minimum absolute atomic E-state index is 0.272. The summed E-state index contributed by atoms with van der Waals surface area (Å²) in [5, 5.41) is 8.88. The molecule has 0 amide bonds. The van der Waals surface area contributed by atoms with Crippen molar-refractivity contribution in [1.29, 1.82) is 0 Å². The summed E-state index contributed by atoms with van der Waals surface area (Å²) in [7, 11) is 1.68. The number of hydrogen-bond acceptors (Lipinski definition) is 4. The van der Waals surface area contributed by atoms with E-state index in [0.717, 1.165) is 39.1 Å². The van der Waals surface area contributed by atoms with Gasteiger partial charge in [-0.15, -0.1) is 0 Å². The van der Waals surface area contributed by atoms with E-state index in [0.29, 0.717) is 25.6 Å². The second-order valence-corrected chi connectivity index (χ2v) is 5.74. The van der Waals surface area contributed by atoms with E-state index in [2.05, 4.69) is 11.8 Å². The third kappa shape index (κ3) is 7.22. The van der Waals surface area contributed by atoms with Crippen molar-refractivity contribution in [2.75, 3.05) is 46.6 Å². The number of likely N-dealkylation sites (tertiary alicyclic amines) is 1.